The monoisotopic (exact) mass is 462 g/mol. The van der Waals surface area contributed by atoms with Gasteiger partial charge in [0.1, 0.15) is 11.6 Å². The predicted molar refractivity (Wildman–Crippen MR) is 119 cm³/mol. The van der Waals surface area contributed by atoms with Gasteiger partial charge in [0.25, 0.3) is 0 Å². The molecule has 0 saturated carbocycles. The Kier molecular flexibility index (Phi) is 7.83. The van der Waals surface area contributed by atoms with Gasteiger partial charge in [-0.3, -0.25) is 9.59 Å². The number of benzene rings is 2. The van der Waals surface area contributed by atoms with Gasteiger partial charge in [-0.1, -0.05) is 30.8 Å². The summed E-state index contributed by atoms with van der Waals surface area (Å²) < 4.78 is 7.15. The Bertz CT molecular complexity index is 969. The van der Waals surface area contributed by atoms with Gasteiger partial charge in [-0.05, 0) is 43.3 Å². The van der Waals surface area contributed by atoms with Crippen molar-refractivity contribution in [1.29, 1.82) is 0 Å². The molecule has 0 radical (unpaired) electrons. The highest BCUT2D eigenvalue weighted by Crippen LogP contribution is 2.21. The number of Topliss-reactive ketones (excluding diaryl/α,β-unsaturated/α-hetero) is 1. The third-order valence-electron chi connectivity index (χ3n) is 4.46. The number of fused-ring (bicyclic) bond motifs is 1. The molecule has 0 amide bonds. The van der Waals surface area contributed by atoms with E-state index in [9.17, 15) is 9.59 Å². The number of methoxy groups -OCH3 is 1. The number of rotatable bonds is 7. The van der Waals surface area contributed by atoms with Crippen molar-refractivity contribution in [2.24, 2.45) is 5.92 Å². The Labute approximate surface area is 179 Å². The predicted octanol–water partition coefficient (Wildman–Crippen LogP) is 4.71. The molecular weight excluding hydrogens is 440 g/mol. The first-order valence-electron chi connectivity index (χ1n) is 8.75. The molecule has 1 unspecified atom stereocenters. The van der Waals surface area contributed by atoms with E-state index in [1.165, 1.54) is 0 Å². The molecule has 1 heterocycles. The summed E-state index contributed by atoms with van der Waals surface area (Å²) in [4.78, 5) is 29.3. The van der Waals surface area contributed by atoms with Crippen molar-refractivity contribution in [2.45, 2.75) is 20.4 Å². The molecule has 28 heavy (non-hydrogen) atoms. The zero-order valence-corrected chi connectivity index (χ0v) is 18.6. The van der Waals surface area contributed by atoms with Gasteiger partial charge in [0.05, 0.1) is 23.9 Å². The molecule has 0 fully saturated rings. The van der Waals surface area contributed by atoms with Crippen LogP contribution in [0.4, 0.5) is 0 Å². The molecule has 3 rings (SSSR count). The van der Waals surface area contributed by atoms with Gasteiger partial charge < -0.3 is 9.30 Å². The molecule has 2 aromatic carbocycles. The topological polar surface area (TPSA) is 61.2 Å². The first-order valence-corrected chi connectivity index (χ1v) is 9.74. The van der Waals surface area contributed by atoms with E-state index in [1.54, 1.807) is 31.4 Å². The number of ether oxygens (including phenoxy) is 1. The highest BCUT2D eigenvalue weighted by molar-refractivity contribution is 8.93. The zero-order valence-electron chi connectivity index (χ0n) is 16.0. The highest BCUT2D eigenvalue weighted by Gasteiger charge is 2.19. The third kappa shape index (κ3) is 5.02. The molecule has 1 atom stereocenters. The molecule has 0 spiro atoms. The molecule has 5 nitrogen and oxygen atoms in total. The van der Waals surface area contributed by atoms with Crippen LogP contribution in [0.5, 0.6) is 5.75 Å². The lowest BCUT2D eigenvalue weighted by molar-refractivity contribution is -0.114. The molecular formula is C21H23BrN2O3S. The Balaban J connectivity index is 0.00000280. The van der Waals surface area contributed by atoms with Gasteiger partial charge >= 0.3 is 0 Å². The van der Waals surface area contributed by atoms with E-state index in [0.717, 1.165) is 28.6 Å². The van der Waals surface area contributed by atoms with Gasteiger partial charge in [0.15, 0.2) is 10.9 Å². The van der Waals surface area contributed by atoms with Crippen LogP contribution in [-0.4, -0.2) is 33.3 Å². The molecule has 0 N–H and O–H groups in total. The van der Waals surface area contributed by atoms with E-state index >= 15 is 0 Å². The summed E-state index contributed by atoms with van der Waals surface area (Å²) in [6.45, 7) is 4.38. The average Bonchev–Trinajstić information content (AvgIpc) is 3.01. The van der Waals surface area contributed by atoms with E-state index in [2.05, 4.69) is 9.55 Å². The lowest BCUT2D eigenvalue weighted by Gasteiger charge is -2.13. The van der Waals surface area contributed by atoms with Crippen molar-refractivity contribution in [3.05, 3.63) is 59.9 Å². The number of hydrogen-bond acceptors (Lipinski definition) is 5. The number of aryl methyl sites for hydroxylation is 1. The summed E-state index contributed by atoms with van der Waals surface area (Å²) >= 11 is 1.08. The van der Waals surface area contributed by atoms with Crippen molar-refractivity contribution in [3.63, 3.8) is 0 Å². The molecule has 0 aliphatic rings. The summed E-state index contributed by atoms with van der Waals surface area (Å²) in [6.07, 6.45) is 0. The van der Waals surface area contributed by atoms with Gasteiger partial charge in [0, 0.05) is 18.0 Å². The molecule has 0 aliphatic carbocycles. The number of carbonyl (C=O) groups excluding carboxylic acids is 2. The quantitative estimate of drug-likeness (QED) is 0.475. The van der Waals surface area contributed by atoms with Crippen LogP contribution >= 0.6 is 28.7 Å². The molecule has 3 aromatic rings. The van der Waals surface area contributed by atoms with Crippen LogP contribution in [0.25, 0.3) is 11.0 Å². The standard InChI is InChI=1S/C21H22N2O3S.BrH/c1-14(12-23-15(2)22-18-6-4-5-7-19(18)23)21(25)27-13-20(24)16-8-10-17(26-3)11-9-16;/h4-11,14H,12-13H2,1-3H3;1H. The van der Waals surface area contributed by atoms with Crippen molar-refractivity contribution in [2.75, 3.05) is 12.9 Å². The van der Waals surface area contributed by atoms with E-state index in [-0.39, 0.29) is 39.6 Å². The van der Waals surface area contributed by atoms with E-state index in [1.807, 2.05) is 38.1 Å². The van der Waals surface area contributed by atoms with Crippen LogP contribution in [0.3, 0.4) is 0 Å². The van der Waals surface area contributed by atoms with Crippen LogP contribution in [0, 0.1) is 12.8 Å². The number of aromatic nitrogens is 2. The summed E-state index contributed by atoms with van der Waals surface area (Å²) in [5.74, 6) is 1.45. The Morgan fingerprint density at radius 3 is 2.50 bits per heavy atom. The maximum Gasteiger partial charge on any atom is 0.193 e. The second kappa shape index (κ2) is 9.89. The van der Waals surface area contributed by atoms with Crippen molar-refractivity contribution < 1.29 is 14.3 Å². The summed E-state index contributed by atoms with van der Waals surface area (Å²) in [5, 5.41) is 0.00837. The number of imidazole rings is 1. The number of halogens is 1. The second-order valence-corrected chi connectivity index (χ2v) is 7.40. The minimum Gasteiger partial charge on any atom is -0.497 e. The summed E-state index contributed by atoms with van der Waals surface area (Å²) in [6, 6.07) is 14.8. The number of nitrogens with zero attached hydrogens (tertiary/aromatic N) is 2. The Morgan fingerprint density at radius 1 is 1.14 bits per heavy atom. The van der Waals surface area contributed by atoms with Gasteiger partial charge in [-0.25, -0.2) is 4.98 Å². The molecule has 0 bridgehead atoms. The minimum atomic E-state index is -0.213. The van der Waals surface area contributed by atoms with Crippen molar-refractivity contribution in [1.82, 2.24) is 9.55 Å². The maximum absolute atomic E-state index is 12.5. The number of hydrogen-bond donors (Lipinski definition) is 0. The van der Waals surface area contributed by atoms with Crippen molar-refractivity contribution in [3.8, 4) is 5.75 Å². The van der Waals surface area contributed by atoms with E-state index in [0.29, 0.717) is 17.9 Å². The SMILES string of the molecule is Br.COc1ccc(C(=O)CSC(=O)C(C)Cn2c(C)nc3ccccc32)cc1. The average molecular weight is 463 g/mol. The fourth-order valence-electron chi connectivity index (χ4n) is 2.91. The van der Waals surface area contributed by atoms with Gasteiger partial charge in [0.2, 0.25) is 0 Å². The normalized spacial score (nSPS) is 11.7. The lowest BCUT2D eigenvalue weighted by Crippen LogP contribution is -2.17. The van der Waals surface area contributed by atoms with Gasteiger partial charge in [-0.2, -0.15) is 0 Å². The number of para-hydroxylation sites is 2. The van der Waals surface area contributed by atoms with Crippen LogP contribution in [-0.2, 0) is 11.3 Å². The molecule has 148 valence electrons. The molecule has 7 heteroatoms. The Morgan fingerprint density at radius 2 is 1.82 bits per heavy atom. The molecule has 0 aliphatic heterocycles. The van der Waals surface area contributed by atoms with E-state index < -0.39 is 0 Å². The van der Waals surface area contributed by atoms with E-state index in [4.69, 9.17) is 4.74 Å². The number of thioether (sulfide) groups is 1. The van der Waals surface area contributed by atoms with Crippen molar-refractivity contribution >= 4 is 50.7 Å². The largest absolute Gasteiger partial charge is 0.497 e. The first kappa shape index (κ1) is 22.2. The number of carbonyl (C=O) groups is 2. The minimum absolute atomic E-state index is 0. The first-order chi connectivity index (χ1) is 13.0. The van der Waals surface area contributed by atoms with Crippen LogP contribution in [0.15, 0.2) is 48.5 Å². The highest BCUT2D eigenvalue weighted by atomic mass is 79.9. The lowest BCUT2D eigenvalue weighted by atomic mass is 10.1. The zero-order chi connectivity index (χ0) is 19.4. The second-order valence-electron chi connectivity index (χ2n) is 6.42. The van der Waals surface area contributed by atoms with Crippen LogP contribution < -0.4 is 4.74 Å². The maximum atomic E-state index is 12.5. The fraction of sp³-hybridized carbons (Fsp3) is 0.286. The van der Waals surface area contributed by atoms with Crippen LogP contribution in [0.1, 0.15) is 23.1 Å². The summed E-state index contributed by atoms with van der Waals surface area (Å²) in [7, 11) is 1.58. The molecule has 1 aromatic heterocycles. The number of ketones is 1. The summed E-state index contributed by atoms with van der Waals surface area (Å²) in [5.41, 5.74) is 2.53. The molecule has 0 saturated heterocycles. The third-order valence-corrected chi connectivity index (χ3v) is 5.56. The smallest absolute Gasteiger partial charge is 0.193 e. The van der Waals surface area contributed by atoms with Gasteiger partial charge in [-0.15, -0.1) is 17.0 Å². The van der Waals surface area contributed by atoms with Crippen LogP contribution in [0.2, 0.25) is 0 Å². The fourth-order valence-corrected chi connectivity index (χ4v) is 3.71. The Hall–Kier alpha value is -2.12.